The van der Waals surface area contributed by atoms with Crippen molar-refractivity contribution >= 4 is 0 Å². The maximum Gasteiger partial charge on any atom is 0.159 e. The van der Waals surface area contributed by atoms with Gasteiger partial charge >= 0.3 is 0 Å². The highest BCUT2D eigenvalue weighted by Gasteiger charge is 2.21. The van der Waals surface area contributed by atoms with Crippen molar-refractivity contribution in [1.29, 1.82) is 0 Å². The van der Waals surface area contributed by atoms with E-state index >= 15 is 0 Å². The second-order valence-corrected chi connectivity index (χ2v) is 3.96. The first kappa shape index (κ1) is 10.5. The molecule has 1 aromatic carbocycles. The Morgan fingerprint density at radius 3 is 2.67 bits per heavy atom. The van der Waals surface area contributed by atoms with Crippen LogP contribution in [0.3, 0.4) is 0 Å². The molecule has 1 saturated carbocycles. The smallest absolute Gasteiger partial charge is 0.159 e. The molecule has 0 aromatic heterocycles. The summed E-state index contributed by atoms with van der Waals surface area (Å²) >= 11 is 0. The topological polar surface area (TPSA) is 38.0 Å². The molecule has 1 fully saturated rings. The molecule has 1 atom stereocenters. The highest BCUT2D eigenvalue weighted by Crippen LogP contribution is 2.20. The molecule has 4 heteroatoms. The zero-order valence-corrected chi connectivity index (χ0v) is 8.34. The summed E-state index contributed by atoms with van der Waals surface area (Å²) in [5, 5.41) is 3.25. The van der Waals surface area contributed by atoms with E-state index in [0.29, 0.717) is 18.2 Å². The third-order valence-corrected chi connectivity index (χ3v) is 2.58. The summed E-state index contributed by atoms with van der Waals surface area (Å²) in [6, 6.07) is 4.09. The van der Waals surface area contributed by atoms with Gasteiger partial charge in [-0.1, -0.05) is 6.07 Å². The molecule has 0 bridgehead atoms. The molecule has 2 rings (SSSR count). The first-order chi connectivity index (χ1) is 7.16. The zero-order valence-electron chi connectivity index (χ0n) is 8.34. The van der Waals surface area contributed by atoms with Crippen molar-refractivity contribution in [3.8, 4) is 0 Å². The number of benzene rings is 1. The van der Waals surface area contributed by atoms with E-state index < -0.39 is 11.6 Å². The van der Waals surface area contributed by atoms with Crippen LogP contribution in [0.2, 0.25) is 0 Å². The molecule has 15 heavy (non-hydrogen) atoms. The zero-order chi connectivity index (χ0) is 10.8. The van der Waals surface area contributed by atoms with Crippen LogP contribution in [0.15, 0.2) is 18.2 Å². The Labute approximate surface area is 87.5 Å². The Bertz CT molecular complexity index is 350. The summed E-state index contributed by atoms with van der Waals surface area (Å²) in [4.78, 5) is 0. The van der Waals surface area contributed by atoms with Gasteiger partial charge in [0.25, 0.3) is 0 Å². The lowest BCUT2D eigenvalue weighted by Gasteiger charge is -2.12. The van der Waals surface area contributed by atoms with Crippen LogP contribution in [-0.4, -0.2) is 12.6 Å². The molecule has 0 saturated heterocycles. The van der Waals surface area contributed by atoms with Gasteiger partial charge in [0.05, 0.1) is 0 Å². The minimum Gasteiger partial charge on any atom is -0.323 e. The fraction of sp³-hybridized carbons (Fsp3) is 0.455. The predicted octanol–water partition coefficient (Wildman–Crippen LogP) is 1.72. The van der Waals surface area contributed by atoms with Gasteiger partial charge in [-0.3, -0.25) is 0 Å². The van der Waals surface area contributed by atoms with Crippen LogP contribution in [0.5, 0.6) is 0 Å². The highest BCUT2D eigenvalue weighted by atomic mass is 19.2. The van der Waals surface area contributed by atoms with E-state index in [9.17, 15) is 8.78 Å². The lowest BCUT2D eigenvalue weighted by molar-refractivity contribution is 0.503. The van der Waals surface area contributed by atoms with Gasteiger partial charge in [-0.25, -0.2) is 8.78 Å². The third-order valence-electron chi connectivity index (χ3n) is 2.58. The van der Waals surface area contributed by atoms with Crippen LogP contribution in [0, 0.1) is 11.6 Å². The molecule has 0 aliphatic heterocycles. The van der Waals surface area contributed by atoms with Crippen LogP contribution in [-0.2, 0) is 0 Å². The first-order valence-electron chi connectivity index (χ1n) is 5.10. The molecule has 3 N–H and O–H groups in total. The van der Waals surface area contributed by atoms with Crippen molar-refractivity contribution < 1.29 is 8.78 Å². The van der Waals surface area contributed by atoms with Crippen molar-refractivity contribution in [2.45, 2.75) is 24.9 Å². The SMILES string of the molecule is NC(CNC1CC1)c1ccc(F)c(F)c1. The second kappa shape index (κ2) is 4.24. The Hall–Kier alpha value is -1.00. The Morgan fingerprint density at radius 2 is 2.07 bits per heavy atom. The van der Waals surface area contributed by atoms with Crippen molar-refractivity contribution in [3.05, 3.63) is 35.4 Å². The van der Waals surface area contributed by atoms with Gasteiger partial charge < -0.3 is 11.1 Å². The fourth-order valence-electron chi connectivity index (χ4n) is 1.44. The molecular weight excluding hydrogens is 198 g/mol. The largest absolute Gasteiger partial charge is 0.323 e. The fourth-order valence-corrected chi connectivity index (χ4v) is 1.44. The lowest BCUT2D eigenvalue weighted by Crippen LogP contribution is -2.28. The van der Waals surface area contributed by atoms with Crippen molar-refractivity contribution in [1.82, 2.24) is 5.32 Å². The number of hydrogen-bond acceptors (Lipinski definition) is 2. The molecule has 0 heterocycles. The van der Waals surface area contributed by atoms with Gasteiger partial charge in [-0.15, -0.1) is 0 Å². The van der Waals surface area contributed by atoms with Crippen LogP contribution in [0.1, 0.15) is 24.4 Å². The predicted molar refractivity (Wildman–Crippen MR) is 54.3 cm³/mol. The minimum atomic E-state index is -0.839. The molecule has 0 amide bonds. The second-order valence-electron chi connectivity index (χ2n) is 3.96. The van der Waals surface area contributed by atoms with Gasteiger partial charge in [-0.05, 0) is 30.5 Å². The Balaban J connectivity index is 1.97. The van der Waals surface area contributed by atoms with E-state index in [4.69, 9.17) is 5.73 Å². The van der Waals surface area contributed by atoms with Crippen LogP contribution >= 0.6 is 0 Å². The first-order valence-corrected chi connectivity index (χ1v) is 5.10. The van der Waals surface area contributed by atoms with E-state index in [1.54, 1.807) is 0 Å². The molecule has 82 valence electrons. The summed E-state index contributed by atoms with van der Waals surface area (Å²) in [6.07, 6.45) is 2.37. The maximum atomic E-state index is 12.9. The van der Waals surface area contributed by atoms with E-state index in [1.165, 1.54) is 18.9 Å². The van der Waals surface area contributed by atoms with E-state index in [0.717, 1.165) is 12.1 Å². The molecule has 0 radical (unpaired) electrons. The summed E-state index contributed by atoms with van der Waals surface area (Å²) in [7, 11) is 0. The summed E-state index contributed by atoms with van der Waals surface area (Å²) in [6.45, 7) is 0.607. The maximum absolute atomic E-state index is 12.9. The monoisotopic (exact) mass is 212 g/mol. The summed E-state index contributed by atoms with van der Waals surface area (Å²) in [5.41, 5.74) is 6.47. The molecular formula is C11H14F2N2. The normalized spacial score (nSPS) is 17.8. The Kier molecular flexibility index (Phi) is 2.98. The lowest BCUT2D eigenvalue weighted by atomic mass is 10.1. The molecule has 0 spiro atoms. The number of nitrogens with one attached hydrogen (secondary N) is 1. The van der Waals surface area contributed by atoms with Crippen LogP contribution < -0.4 is 11.1 Å². The van der Waals surface area contributed by atoms with Crippen molar-refractivity contribution in [3.63, 3.8) is 0 Å². The Morgan fingerprint density at radius 1 is 1.33 bits per heavy atom. The van der Waals surface area contributed by atoms with E-state index in [-0.39, 0.29) is 6.04 Å². The molecule has 1 aliphatic carbocycles. The van der Waals surface area contributed by atoms with Crippen LogP contribution in [0.4, 0.5) is 8.78 Å². The van der Waals surface area contributed by atoms with E-state index in [2.05, 4.69) is 5.32 Å². The molecule has 1 aromatic rings. The minimum absolute atomic E-state index is 0.277. The van der Waals surface area contributed by atoms with Crippen molar-refractivity contribution in [2.75, 3.05) is 6.54 Å². The number of halogens is 2. The number of rotatable bonds is 4. The van der Waals surface area contributed by atoms with Gasteiger partial charge in [0.15, 0.2) is 11.6 Å². The van der Waals surface area contributed by atoms with Gasteiger partial charge in [0.1, 0.15) is 0 Å². The van der Waals surface area contributed by atoms with Gasteiger partial charge in [0.2, 0.25) is 0 Å². The quantitative estimate of drug-likeness (QED) is 0.797. The third kappa shape index (κ3) is 2.73. The highest BCUT2D eigenvalue weighted by molar-refractivity contribution is 5.21. The molecule has 1 unspecified atom stereocenters. The van der Waals surface area contributed by atoms with Gasteiger partial charge in [0, 0.05) is 18.6 Å². The molecule has 2 nitrogen and oxygen atoms in total. The van der Waals surface area contributed by atoms with Gasteiger partial charge in [-0.2, -0.15) is 0 Å². The number of nitrogens with two attached hydrogens (primary N) is 1. The average Bonchev–Trinajstić information content (AvgIpc) is 3.02. The average molecular weight is 212 g/mol. The number of hydrogen-bond donors (Lipinski definition) is 2. The van der Waals surface area contributed by atoms with Crippen molar-refractivity contribution in [2.24, 2.45) is 5.73 Å². The summed E-state index contributed by atoms with van der Waals surface area (Å²) < 4.78 is 25.6. The summed E-state index contributed by atoms with van der Waals surface area (Å²) in [5.74, 6) is -1.67. The molecule has 1 aliphatic rings. The van der Waals surface area contributed by atoms with Crippen LogP contribution in [0.25, 0.3) is 0 Å². The van der Waals surface area contributed by atoms with E-state index in [1.807, 2.05) is 0 Å². The standard InChI is InChI=1S/C11H14F2N2/c12-9-4-1-7(5-10(9)13)11(14)6-15-8-2-3-8/h1,4-5,8,11,15H,2-3,6,14H2.